The fourth-order valence-electron chi connectivity index (χ4n) is 3.77. The second kappa shape index (κ2) is 10.4. The first-order valence-corrected chi connectivity index (χ1v) is 11.5. The molecule has 0 saturated carbocycles. The van der Waals surface area contributed by atoms with E-state index in [1.54, 1.807) is 48.8 Å². The van der Waals surface area contributed by atoms with E-state index in [1.165, 1.54) is 4.68 Å². The van der Waals surface area contributed by atoms with Gasteiger partial charge in [0.25, 0.3) is 11.5 Å². The fraction of sp³-hybridized carbons (Fsp3) is 0.360. The van der Waals surface area contributed by atoms with E-state index in [4.69, 9.17) is 4.52 Å². The first-order chi connectivity index (χ1) is 16.5. The zero-order valence-electron chi connectivity index (χ0n) is 19.6. The average molecular weight is 461 g/mol. The normalized spacial score (nSPS) is 12.2. The topological polar surface area (TPSA) is 116 Å². The highest BCUT2D eigenvalue weighted by molar-refractivity contribution is 6.04. The van der Waals surface area contributed by atoms with Crippen LogP contribution in [0.5, 0.6) is 0 Å². The molecule has 0 aliphatic rings. The molecule has 176 valence electrons. The molecule has 1 N–H and O–H groups in total. The maximum atomic E-state index is 13.4. The predicted molar refractivity (Wildman–Crippen MR) is 128 cm³/mol. The van der Waals surface area contributed by atoms with Gasteiger partial charge < -0.3 is 9.84 Å². The van der Waals surface area contributed by atoms with E-state index in [2.05, 4.69) is 32.5 Å². The highest BCUT2D eigenvalue weighted by Gasteiger charge is 2.27. The van der Waals surface area contributed by atoms with Crippen molar-refractivity contribution in [3.8, 4) is 11.4 Å². The summed E-state index contributed by atoms with van der Waals surface area (Å²) in [6.45, 7) is 6.47. The average Bonchev–Trinajstić information content (AvgIpc) is 3.34. The lowest BCUT2D eigenvalue weighted by atomic mass is 10.0. The van der Waals surface area contributed by atoms with E-state index in [9.17, 15) is 9.59 Å². The largest absolute Gasteiger partial charge is 0.339 e. The monoisotopic (exact) mass is 460 g/mol. The van der Waals surface area contributed by atoms with Crippen molar-refractivity contribution in [1.29, 1.82) is 0 Å². The molecule has 1 unspecified atom stereocenters. The molecular weight excluding hydrogens is 432 g/mol. The van der Waals surface area contributed by atoms with Crippen molar-refractivity contribution < 1.29 is 9.32 Å². The van der Waals surface area contributed by atoms with Crippen LogP contribution in [-0.2, 0) is 6.54 Å². The summed E-state index contributed by atoms with van der Waals surface area (Å²) in [6, 6.07) is 10.1. The molecule has 0 bridgehead atoms. The summed E-state index contributed by atoms with van der Waals surface area (Å²) in [4.78, 5) is 34.8. The third kappa shape index (κ3) is 4.88. The Kier molecular flexibility index (Phi) is 7.10. The second-order valence-corrected chi connectivity index (χ2v) is 8.52. The summed E-state index contributed by atoms with van der Waals surface area (Å²) in [5, 5.41) is 12.5. The van der Waals surface area contributed by atoms with Crippen LogP contribution in [0.4, 0.5) is 0 Å². The van der Waals surface area contributed by atoms with Crippen molar-refractivity contribution >= 4 is 16.7 Å². The molecule has 3 aromatic heterocycles. The number of aryl methyl sites for hydroxylation is 1. The van der Waals surface area contributed by atoms with Crippen LogP contribution in [0.2, 0.25) is 0 Å². The van der Waals surface area contributed by atoms with Gasteiger partial charge in [0.15, 0.2) is 5.69 Å². The summed E-state index contributed by atoms with van der Waals surface area (Å²) in [5.41, 5.74) is 0.777. The van der Waals surface area contributed by atoms with Crippen LogP contribution in [-0.4, -0.2) is 30.8 Å². The molecule has 0 fully saturated rings. The lowest BCUT2D eigenvalue weighted by Gasteiger charge is -2.19. The molecule has 0 radical (unpaired) electrons. The summed E-state index contributed by atoms with van der Waals surface area (Å²) >= 11 is 0. The Morgan fingerprint density at radius 3 is 2.53 bits per heavy atom. The number of benzene rings is 1. The highest BCUT2D eigenvalue weighted by Crippen LogP contribution is 2.24. The number of nitrogens with one attached hydrogen (secondary N) is 1. The van der Waals surface area contributed by atoms with E-state index in [0.717, 1.165) is 24.8 Å². The number of rotatable bonds is 9. The van der Waals surface area contributed by atoms with E-state index < -0.39 is 11.9 Å². The molecular formula is C25H28N6O3. The third-order valence-electron chi connectivity index (χ3n) is 5.66. The zero-order chi connectivity index (χ0) is 24.1. The Bertz CT molecular complexity index is 1330. The molecule has 4 aromatic rings. The minimum Gasteiger partial charge on any atom is -0.339 e. The quantitative estimate of drug-likeness (QED) is 0.373. The van der Waals surface area contributed by atoms with Gasteiger partial charge in [-0.1, -0.05) is 57.0 Å². The number of aromatic nitrogens is 5. The summed E-state index contributed by atoms with van der Waals surface area (Å²) in [7, 11) is 0. The lowest BCUT2D eigenvalue weighted by molar-refractivity contribution is 0.0908. The smallest absolute Gasteiger partial charge is 0.274 e. The summed E-state index contributed by atoms with van der Waals surface area (Å²) in [6.07, 6.45) is 6.13. The number of unbranched alkanes of at least 4 members (excludes halogenated alkanes) is 2. The highest BCUT2D eigenvalue weighted by atomic mass is 16.5. The van der Waals surface area contributed by atoms with Crippen LogP contribution in [0.25, 0.3) is 22.2 Å². The number of carbonyl (C=O) groups is 1. The molecule has 0 spiro atoms. The summed E-state index contributed by atoms with van der Waals surface area (Å²) < 4.78 is 6.90. The number of hydrogen-bond acceptors (Lipinski definition) is 7. The lowest BCUT2D eigenvalue weighted by Crippen LogP contribution is -2.35. The Morgan fingerprint density at radius 1 is 1.09 bits per heavy atom. The number of carbonyl (C=O) groups excluding carboxylic acids is 1. The van der Waals surface area contributed by atoms with Crippen molar-refractivity contribution in [2.24, 2.45) is 5.92 Å². The Hall–Kier alpha value is -3.88. The molecule has 34 heavy (non-hydrogen) atoms. The van der Waals surface area contributed by atoms with Crippen LogP contribution in [0.15, 0.2) is 58.1 Å². The van der Waals surface area contributed by atoms with Crippen molar-refractivity contribution in [2.45, 2.75) is 52.6 Å². The second-order valence-electron chi connectivity index (χ2n) is 8.52. The maximum absolute atomic E-state index is 13.4. The minimum atomic E-state index is -0.531. The Labute approximate surface area is 197 Å². The van der Waals surface area contributed by atoms with Gasteiger partial charge in [-0.3, -0.25) is 14.6 Å². The van der Waals surface area contributed by atoms with Crippen molar-refractivity contribution in [3.05, 3.63) is 70.7 Å². The fourth-order valence-corrected chi connectivity index (χ4v) is 3.77. The number of hydrogen-bond donors (Lipinski definition) is 1. The maximum Gasteiger partial charge on any atom is 0.274 e. The molecule has 3 heterocycles. The molecule has 4 rings (SSSR count). The van der Waals surface area contributed by atoms with Gasteiger partial charge in [0, 0.05) is 29.9 Å². The SMILES string of the molecule is CCCCCn1nc(C(=O)NC(c2nc(-c3ccncc3)no2)C(C)C)c2ccccc2c1=O. The molecule has 9 nitrogen and oxygen atoms in total. The van der Waals surface area contributed by atoms with Gasteiger partial charge in [-0.2, -0.15) is 10.1 Å². The molecule has 1 amide bonds. The van der Waals surface area contributed by atoms with Gasteiger partial charge in [-0.25, -0.2) is 4.68 Å². The van der Waals surface area contributed by atoms with Gasteiger partial charge in [0.2, 0.25) is 11.7 Å². The van der Waals surface area contributed by atoms with Gasteiger partial charge in [0.1, 0.15) is 6.04 Å². The molecule has 0 aliphatic heterocycles. The first kappa shape index (κ1) is 23.3. The summed E-state index contributed by atoms with van der Waals surface area (Å²) in [5.74, 6) is 0.292. The van der Waals surface area contributed by atoms with Gasteiger partial charge in [-0.05, 0) is 30.5 Å². The Balaban J connectivity index is 1.66. The first-order valence-electron chi connectivity index (χ1n) is 11.5. The van der Waals surface area contributed by atoms with E-state index in [1.807, 2.05) is 13.8 Å². The third-order valence-corrected chi connectivity index (χ3v) is 5.66. The van der Waals surface area contributed by atoms with Crippen LogP contribution in [0, 0.1) is 5.92 Å². The molecule has 0 aliphatic carbocycles. The Morgan fingerprint density at radius 2 is 1.82 bits per heavy atom. The van der Waals surface area contributed by atoms with Crippen LogP contribution < -0.4 is 10.9 Å². The number of fused-ring (bicyclic) bond motifs is 1. The van der Waals surface area contributed by atoms with E-state index in [0.29, 0.717) is 29.0 Å². The van der Waals surface area contributed by atoms with Crippen LogP contribution >= 0.6 is 0 Å². The number of amides is 1. The number of nitrogens with zero attached hydrogens (tertiary/aromatic N) is 5. The van der Waals surface area contributed by atoms with Gasteiger partial charge in [-0.15, -0.1) is 0 Å². The van der Waals surface area contributed by atoms with Crippen molar-refractivity contribution in [2.75, 3.05) is 0 Å². The molecule has 0 saturated heterocycles. The zero-order valence-corrected chi connectivity index (χ0v) is 19.6. The van der Waals surface area contributed by atoms with Gasteiger partial charge >= 0.3 is 0 Å². The molecule has 1 aromatic carbocycles. The van der Waals surface area contributed by atoms with E-state index >= 15 is 0 Å². The number of pyridine rings is 1. The van der Waals surface area contributed by atoms with Crippen molar-refractivity contribution in [1.82, 2.24) is 30.2 Å². The van der Waals surface area contributed by atoms with Crippen LogP contribution in [0.1, 0.15) is 62.5 Å². The van der Waals surface area contributed by atoms with Crippen molar-refractivity contribution in [3.63, 3.8) is 0 Å². The minimum absolute atomic E-state index is 0.0311. The van der Waals surface area contributed by atoms with E-state index in [-0.39, 0.29) is 17.2 Å². The standard InChI is InChI=1S/C25H28N6O3/c1-4-5-8-15-31-25(33)19-10-7-6-9-18(19)21(29-31)23(32)27-20(16(2)3)24-28-22(30-34-24)17-11-13-26-14-12-17/h6-7,9-14,16,20H,4-5,8,15H2,1-3H3,(H,27,32). The van der Waals surface area contributed by atoms with Gasteiger partial charge in [0.05, 0.1) is 5.39 Å². The van der Waals surface area contributed by atoms with Crippen LogP contribution in [0.3, 0.4) is 0 Å². The molecule has 9 heteroatoms. The predicted octanol–water partition coefficient (Wildman–Crippen LogP) is 4.16. The molecule has 1 atom stereocenters.